The molecule has 0 unspecified atom stereocenters. The van der Waals surface area contributed by atoms with Crippen LogP contribution in [-0.2, 0) is 0 Å². The van der Waals surface area contributed by atoms with E-state index < -0.39 is 0 Å². The first kappa shape index (κ1) is 13.9. The molecule has 0 saturated carbocycles. The van der Waals surface area contributed by atoms with Gasteiger partial charge in [-0.15, -0.1) is 0 Å². The fraction of sp³-hybridized carbons (Fsp3) is 0.0714. The van der Waals surface area contributed by atoms with Gasteiger partial charge in [0.25, 0.3) is 0 Å². The van der Waals surface area contributed by atoms with Crippen LogP contribution in [0.25, 0.3) is 0 Å². The van der Waals surface area contributed by atoms with E-state index in [0.29, 0.717) is 10.6 Å². The highest BCUT2D eigenvalue weighted by Gasteiger charge is 1.99. The minimum Gasteiger partial charge on any atom is -0.247 e. The summed E-state index contributed by atoms with van der Waals surface area (Å²) >= 11 is 7.29. The zero-order valence-corrected chi connectivity index (χ0v) is 11.8. The number of nitrogens with one attached hydrogen (secondary N) is 1. The zero-order chi connectivity index (χ0) is 13.7. The van der Waals surface area contributed by atoms with Crippen molar-refractivity contribution in [2.75, 3.05) is 0 Å². The summed E-state index contributed by atoms with van der Waals surface area (Å²) in [5.41, 5.74) is 1.75. The Kier molecular flexibility index (Phi) is 4.82. The normalized spacial score (nSPS) is 10.9. The molecule has 2 aromatic rings. The number of nitrogens with zero attached hydrogens (tertiary/aromatic N) is 1. The van der Waals surface area contributed by atoms with Gasteiger partial charge in [0.2, 0.25) is 0 Å². The van der Waals surface area contributed by atoms with Gasteiger partial charge in [-0.3, -0.25) is 0 Å². The fourth-order valence-electron chi connectivity index (χ4n) is 1.39. The van der Waals surface area contributed by atoms with Crippen molar-refractivity contribution in [2.45, 2.75) is 11.8 Å². The third-order valence-corrected chi connectivity index (χ3v) is 3.45. The predicted octanol–water partition coefficient (Wildman–Crippen LogP) is 4.42. The summed E-state index contributed by atoms with van der Waals surface area (Å²) in [4.78, 5) is 3.87. The summed E-state index contributed by atoms with van der Waals surface area (Å²) in [6.45, 7) is 2.03. The van der Waals surface area contributed by atoms with Crippen LogP contribution in [0.15, 0.2) is 52.5 Å². The Labute approximate surface area is 120 Å². The molecule has 0 aliphatic rings. The van der Waals surface area contributed by atoms with E-state index in [9.17, 15) is 4.39 Å². The first-order valence-corrected chi connectivity index (χ1v) is 6.81. The summed E-state index contributed by atoms with van der Waals surface area (Å²) in [5.74, 6) is -0.336. The Hall–Kier alpha value is -1.52. The molecular formula is C14H12ClFN2S. The monoisotopic (exact) mass is 294 g/mol. The highest BCUT2D eigenvalue weighted by atomic mass is 35.5. The molecule has 0 amide bonds. The molecule has 0 aliphatic heterocycles. The van der Waals surface area contributed by atoms with Crippen LogP contribution in [0.2, 0.25) is 5.02 Å². The van der Waals surface area contributed by atoms with Gasteiger partial charge < -0.3 is 0 Å². The lowest BCUT2D eigenvalue weighted by Crippen LogP contribution is -1.94. The Balaban J connectivity index is 1.93. The first-order valence-electron chi connectivity index (χ1n) is 5.62. The van der Waals surface area contributed by atoms with E-state index in [1.54, 1.807) is 0 Å². The highest BCUT2D eigenvalue weighted by Crippen LogP contribution is 2.16. The molecule has 0 fully saturated rings. The topological polar surface area (TPSA) is 24.4 Å². The van der Waals surface area contributed by atoms with Crippen LogP contribution in [0.5, 0.6) is 0 Å². The third-order valence-electron chi connectivity index (χ3n) is 2.40. The van der Waals surface area contributed by atoms with Crippen LogP contribution in [0.3, 0.4) is 0 Å². The summed E-state index contributed by atoms with van der Waals surface area (Å²) in [6, 6.07) is 12.2. The maximum Gasteiger partial charge on any atom is 0.123 e. The molecular weight excluding hydrogens is 283 g/mol. The molecule has 0 aromatic heterocycles. The summed E-state index contributed by atoms with van der Waals surface area (Å²) in [6.07, 6.45) is 1.49. The van der Waals surface area contributed by atoms with Crippen LogP contribution < -0.4 is 4.83 Å². The van der Waals surface area contributed by atoms with Crippen molar-refractivity contribution in [1.82, 2.24) is 4.83 Å². The van der Waals surface area contributed by atoms with Gasteiger partial charge in [-0.05, 0) is 37.3 Å². The second-order valence-electron chi connectivity index (χ2n) is 3.93. The van der Waals surface area contributed by atoms with E-state index in [-0.39, 0.29) is 5.82 Å². The Bertz CT molecular complexity index is 584. The molecule has 0 spiro atoms. The van der Waals surface area contributed by atoms with Crippen molar-refractivity contribution in [2.24, 2.45) is 5.10 Å². The number of halogens is 2. The molecule has 2 rings (SSSR count). The molecule has 1 N–H and O–H groups in total. The van der Waals surface area contributed by atoms with Crippen molar-refractivity contribution in [1.29, 1.82) is 0 Å². The third kappa shape index (κ3) is 4.26. The molecule has 19 heavy (non-hydrogen) atoms. The number of hydrogen-bond donors (Lipinski definition) is 1. The van der Waals surface area contributed by atoms with Gasteiger partial charge in [0.05, 0.1) is 6.21 Å². The van der Waals surface area contributed by atoms with E-state index >= 15 is 0 Å². The Morgan fingerprint density at radius 2 is 1.95 bits per heavy atom. The van der Waals surface area contributed by atoms with E-state index in [1.807, 2.05) is 31.2 Å². The first-order chi connectivity index (χ1) is 9.15. The van der Waals surface area contributed by atoms with Crippen molar-refractivity contribution in [3.63, 3.8) is 0 Å². The Morgan fingerprint density at radius 3 is 2.68 bits per heavy atom. The van der Waals surface area contributed by atoms with E-state index in [1.165, 1.54) is 41.9 Å². The summed E-state index contributed by atoms with van der Waals surface area (Å²) in [5, 5.41) is 4.46. The smallest absolute Gasteiger partial charge is 0.123 e. The maximum atomic E-state index is 13.0. The molecule has 0 atom stereocenters. The molecule has 2 aromatic carbocycles. The largest absolute Gasteiger partial charge is 0.247 e. The van der Waals surface area contributed by atoms with Crippen LogP contribution in [-0.4, -0.2) is 6.21 Å². The van der Waals surface area contributed by atoms with Gasteiger partial charge in [-0.2, -0.15) is 5.10 Å². The second kappa shape index (κ2) is 6.59. The molecule has 0 radical (unpaired) electrons. The van der Waals surface area contributed by atoms with Crippen molar-refractivity contribution >= 4 is 29.8 Å². The van der Waals surface area contributed by atoms with Crippen molar-refractivity contribution in [3.05, 3.63) is 64.4 Å². The zero-order valence-electron chi connectivity index (χ0n) is 10.2. The van der Waals surface area contributed by atoms with Gasteiger partial charge in [-0.1, -0.05) is 29.3 Å². The average molecular weight is 295 g/mol. The lowest BCUT2D eigenvalue weighted by atomic mass is 10.2. The molecule has 0 bridgehead atoms. The maximum absolute atomic E-state index is 13.0. The van der Waals surface area contributed by atoms with Crippen LogP contribution in [0.4, 0.5) is 4.39 Å². The molecule has 0 aliphatic carbocycles. The molecule has 0 heterocycles. The van der Waals surface area contributed by atoms with E-state index in [4.69, 9.17) is 11.6 Å². The highest BCUT2D eigenvalue weighted by molar-refractivity contribution is 7.97. The second-order valence-corrected chi connectivity index (χ2v) is 5.20. The number of aryl methyl sites for hydroxylation is 1. The average Bonchev–Trinajstić information content (AvgIpc) is 2.40. The van der Waals surface area contributed by atoms with Crippen molar-refractivity contribution < 1.29 is 4.39 Å². The Morgan fingerprint density at radius 1 is 1.21 bits per heavy atom. The van der Waals surface area contributed by atoms with Crippen LogP contribution >= 0.6 is 23.5 Å². The van der Waals surface area contributed by atoms with Gasteiger partial charge in [-0.25, -0.2) is 9.22 Å². The quantitative estimate of drug-likeness (QED) is 0.513. The van der Waals surface area contributed by atoms with Crippen LogP contribution in [0, 0.1) is 12.7 Å². The lowest BCUT2D eigenvalue weighted by Gasteiger charge is -2.01. The van der Waals surface area contributed by atoms with Gasteiger partial charge in [0.15, 0.2) is 0 Å². The number of hydrazone groups is 1. The molecule has 0 saturated heterocycles. The standard InChI is InChI=1S/C14H12ClFN2S/c1-10-2-5-13(6-3-10)19-18-17-9-11-8-12(16)4-7-14(11)15/h2-9,18H,1H3. The molecule has 2 nitrogen and oxygen atoms in total. The van der Waals surface area contributed by atoms with Crippen molar-refractivity contribution in [3.8, 4) is 0 Å². The fourth-order valence-corrected chi connectivity index (χ4v) is 2.04. The predicted molar refractivity (Wildman–Crippen MR) is 79.2 cm³/mol. The van der Waals surface area contributed by atoms with Gasteiger partial charge in [0, 0.05) is 27.4 Å². The summed E-state index contributed by atoms with van der Waals surface area (Å²) < 4.78 is 13.0. The van der Waals surface area contributed by atoms with E-state index in [2.05, 4.69) is 9.93 Å². The van der Waals surface area contributed by atoms with Gasteiger partial charge >= 0.3 is 0 Å². The van der Waals surface area contributed by atoms with E-state index in [0.717, 1.165) is 4.90 Å². The number of hydrogen-bond acceptors (Lipinski definition) is 3. The molecule has 5 heteroatoms. The SMILES string of the molecule is Cc1ccc(SNN=Cc2cc(F)ccc2Cl)cc1. The van der Waals surface area contributed by atoms with Gasteiger partial charge in [0.1, 0.15) is 5.82 Å². The minimum absolute atomic E-state index is 0.336. The number of benzene rings is 2. The van der Waals surface area contributed by atoms with Crippen LogP contribution in [0.1, 0.15) is 11.1 Å². The molecule has 98 valence electrons. The summed E-state index contributed by atoms with van der Waals surface area (Å²) in [7, 11) is 0. The number of rotatable bonds is 4. The lowest BCUT2D eigenvalue weighted by molar-refractivity contribution is 0.627. The minimum atomic E-state index is -0.336.